The number of hydrogen-bond donors (Lipinski definition) is 1. The van der Waals surface area contributed by atoms with Gasteiger partial charge in [-0.2, -0.15) is 5.26 Å². The van der Waals surface area contributed by atoms with Crippen LogP contribution in [0.4, 0.5) is 0 Å². The molecule has 0 radical (unpaired) electrons. The number of rotatable bonds is 2. The third-order valence-electron chi connectivity index (χ3n) is 3.71. The van der Waals surface area contributed by atoms with Crippen molar-refractivity contribution in [2.75, 3.05) is 0 Å². The zero-order valence-corrected chi connectivity index (χ0v) is 10.2. The number of aryl methyl sites for hydroxylation is 1. The van der Waals surface area contributed by atoms with Crippen LogP contribution in [-0.2, 0) is 0 Å². The first-order chi connectivity index (χ1) is 8.18. The van der Waals surface area contributed by atoms with Crippen molar-refractivity contribution in [3.05, 3.63) is 29.6 Å². The van der Waals surface area contributed by atoms with E-state index in [1.165, 1.54) is 0 Å². The SMILES string of the molecule is Cc1ccc(C(O)C2(C#N)CCCCC2)nc1. The van der Waals surface area contributed by atoms with Gasteiger partial charge >= 0.3 is 0 Å². The summed E-state index contributed by atoms with van der Waals surface area (Å²) in [5.74, 6) is 0. The highest BCUT2D eigenvalue weighted by Gasteiger charge is 2.40. The molecule has 3 nitrogen and oxygen atoms in total. The molecular weight excluding hydrogens is 212 g/mol. The maximum absolute atomic E-state index is 10.4. The highest BCUT2D eigenvalue weighted by atomic mass is 16.3. The first-order valence-electron chi connectivity index (χ1n) is 6.20. The van der Waals surface area contributed by atoms with Crippen molar-refractivity contribution in [2.24, 2.45) is 5.41 Å². The van der Waals surface area contributed by atoms with Gasteiger partial charge in [0.15, 0.2) is 0 Å². The Kier molecular flexibility index (Phi) is 3.44. The van der Waals surface area contributed by atoms with Crippen molar-refractivity contribution in [2.45, 2.75) is 45.1 Å². The molecule has 0 bridgehead atoms. The van der Waals surface area contributed by atoms with Gasteiger partial charge in [-0.1, -0.05) is 25.3 Å². The average molecular weight is 230 g/mol. The van der Waals surface area contributed by atoms with Crippen molar-refractivity contribution in [1.82, 2.24) is 4.98 Å². The lowest BCUT2D eigenvalue weighted by molar-refractivity contribution is 0.0327. The molecule has 0 aliphatic heterocycles. The fourth-order valence-electron chi connectivity index (χ4n) is 2.55. The largest absolute Gasteiger partial charge is 0.385 e. The Hall–Kier alpha value is -1.40. The van der Waals surface area contributed by atoms with Gasteiger partial charge < -0.3 is 5.11 Å². The van der Waals surface area contributed by atoms with Gasteiger partial charge in [-0.15, -0.1) is 0 Å². The molecule has 17 heavy (non-hydrogen) atoms. The van der Waals surface area contributed by atoms with Crippen molar-refractivity contribution < 1.29 is 5.11 Å². The van der Waals surface area contributed by atoms with Crippen molar-refractivity contribution in [1.29, 1.82) is 5.26 Å². The van der Waals surface area contributed by atoms with Crippen LogP contribution >= 0.6 is 0 Å². The molecule has 1 saturated carbocycles. The molecule has 1 atom stereocenters. The minimum absolute atomic E-state index is 0.624. The lowest BCUT2D eigenvalue weighted by Crippen LogP contribution is -2.30. The predicted molar refractivity (Wildman–Crippen MR) is 65.1 cm³/mol. The molecule has 90 valence electrons. The second kappa shape index (κ2) is 4.85. The molecule has 1 aromatic heterocycles. The van der Waals surface area contributed by atoms with Gasteiger partial charge in [-0.25, -0.2) is 0 Å². The highest BCUT2D eigenvalue weighted by molar-refractivity contribution is 5.19. The van der Waals surface area contributed by atoms with Crippen LogP contribution in [0.3, 0.4) is 0 Å². The lowest BCUT2D eigenvalue weighted by Gasteiger charge is -2.34. The number of nitriles is 1. The summed E-state index contributed by atoms with van der Waals surface area (Å²) in [5, 5.41) is 19.8. The van der Waals surface area contributed by atoms with E-state index in [-0.39, 0.29) is 0 Å². The Morgan fingerprint density at radius 1 is 1.35 bits per heavy atom. The summed E-state index contributed by atoms with van der Waals surface area (Å²) in [6.45, 7) is 1.96. The van der Waals surface area contributed by atoms with Crippen LogP contribution in [0.2, 0.25) is 0 Å². The maximum Gasteiger partial charge on any atom is 0.114 e. The van der Waals surface area contributed by atoms with E-state index in [1.54, 1.807) is 6.20 Å². The predicted octanol–water partition coefficient (Wildman–Crippen LogP) is 2.90. The van der Waals surface area contributed by atoms with E-state index in [0.717, 1.165) is 37.7 Å². The molecule has 0 aromatic carbocycles. The van der Waals surface area contributed by atoms with E-state index >= 15 is 0 Å². The van der Waals surface area contributed by atoms with Crippen LogP contribution in [-0.4, -0.2) is 10.1 Å². The summed E-state index contributed by atoms with van der Waals surface area (Å²) in [5.41, 5.74) is 1.06. The normalized spacial score (nSPS) is 20.5. The van der Waals surface area contributed by atoms with Crippen LogP contribution in [0.25, 0.3) is 0 Å². The first kappa shape index (κ1) is 12.1. The topological polar surface area (TPSA) is 56.9 Å². The fraction of sp³-hybridized carbons (Fsp3) is 0.571. The van der Waals surface area contributed by atoms with Crippen LogP contribution in [0.5, 0.6) is 0 Å². The van der Waals surface area contributed by atoms with E-state index < -0.39 is 11.5 Å². The Balaban J connectivity index is 2.25. The number of pyridine rings is 1. The van der Waals surface area contributed by atoms with Gasteiger partial charge in [-0.05, 0) is 31.4 Å². The van der Waals surface area contributed by atoms with Gasteiger partial charge in [0.1, 0.15) is 6.10 Å². The van der Waals surface area contributed by atoms with Gasteiger partial charge in [-0.3, -0.25) is 4.98 Å². The number of aliphatic hydroxyl groups excluding tert-OH is 1. The molecule has 2 rings (SSSR count). The van der Waals surface area contributed by atoms with Gasteiger partial charge in [0.2, 0.25) is 0 Å². The molecule has 3 heteroatoms. The molecular formula is C14H18N2O. The maximum atomic E-state index is 10.4. The third-order valence-corrected chi connectivity index (χ3v) is 3.71. The summed E-state index contributed by atoms with van der Waals surface area (Å²) >= 11 is 0. The number of nitrogens with zero attached hydrogens (tertiary/aromatic N) is 2. The quantitative estimate of drug-likeness (QED) is 0.849. The number of hydrogen-bond acceptors (Lipinski definition) is 3. The Morgan fingerprint density at radius 3 is 2.59 bits per heavy atom. The van der Waals surface area contributed by atoms with Crippen molar-refractivity contribution >= 4 is 0 Å². The second-order valence-electron chi connectivity index (χ2n) is 4.99. The lowest BCUT2D eigenvalue weighted by atomic mass is 9.70. The second-order valence-corrected chi connectivity index (χ2v) is 4.99. The van der Waals surface area contributed by atoms with Crippen molar-refractivity contribution in [3.8, 4) is 6.07 Å². The summed E-state index contributed by atoms with van der Waals surface area (Å²) in [6, 6.07) is 6.10. The summed E-state index contributed by atoms with van der Waals surface area (Å²) in [4.78, 5) is 4.25. The number of aliphatic hydroxyl groups is 1. The molecule has 1 heterocycles. The Labute approximate surface area is 102 Å². The first-order valence-corrected chi connectivity index (χ1v) is 6.20. The number of aromatic nitrogens is 1. The van der Waals surface area contributed by atoms with Crippen LogP contribution in [0.1, 0.15) is 49.5 Å². The van der Waals surface area contributed by atoms with E-state index in [9.17, 15) is 10.4 Å². The third kappa shape index (κ3) is 2.32. The fourth-order valence-corrected chi connectivity index (χ4v) is 2.55. The van der Waals surface area contributed by atoms with Gasteiger partial charge in [0.25, 0.3) is 0 Å². The highest BCUT2D eigenvalue weighted by Crippen LogP contribution is 2.44. The van der Waals surface area contributed by atoms with Crippen LogP contribution in [0, 0.1) is 23.7 Å². The standard InChI is InChI=1S/C14H18N2O/c1-11-5-6-12(16-9-11)13(17)14(10-15)7-3-2-4-8-14/h5-6,9,13,17H,2-4,7-8H2,1H3. The Morgan fingerprint density at radius 2 is 2.06 bits per heavy atom. The summed E-state index contributed by atoms with van der Waals surface area (Å²) in [6.07, 6.45) is 5.76. The molecule has 0 amide bonds. The minimum atomic E-state index is -0.756. The molecule has 0 spiro atoms. The van der Waals surface area contributed by atoms with Crippen molar-refractivity contribution in [3.63, 3.8) is 0 Å². The van der Waals surface area contributed by atoms with E-state index in [0.29, 0.717) is 5.69 Å². The van der Waals surface area contributed by atoms with Crippen LogP contribution in [0.15, 0.2) is 18.3 Å². The van der Waals surface area contributed by atoms with Gasteiger partial charge in [0, 0.05) is 6.20 Å². The van der Waals surface area contributed by atoms with Gasteiger partial charge in [0.05, 0.1) is 17.2 Å². The molecule has 1 unspecified atom stereocenters. The summed E-state index contributed by atoms with van der Waals surface area (Å²) in [7, 11) is 0. The monoisotopic (exact) mass is 230 g/mol. The average Bonchev–Trinajstić information content (AvgIpc) is 2.39. The van der Waals surface area contributed by atoms with E-state index in [1.807, 2.05) is 19.1 Å². The Bertz CT molecular complexity index is 413. The summed E-state index contributed by atoms with van der Waals surface area (Å²) < 4.78 is 0. The van der Waals surface area contributed by atoms with E-state index in [2.05, 4.69) is 11.1 Å². The van der Waals surface area contributed by atoms with E-state index in [4.69, 9.17) is 0 Å². The van der Waals surface area contributed by atoms with Crippen LogP contribution < -0.4 is 0 Å². The molecule has 1 aliphatic rings. The zero-order chi connectivity index (χ0) is 12.3. The molecule has 1 fully saturated rings. The molecule has 1 N–H and O–H groups in total. The zero-order valence-electron chi connectivity index (χ0n) is 10.2. The molecule has 1 aromatic rings. The minimum Gasteiger partial charge on any atom is -0.385 e. The molecule has 1 aliphatic carbocycles. The molecule has 0 saturated heterocycles. The smallest absolute Gasteiger partial charge is 0.114 e.